The number of anilines is 1. The first-order valence-electron chi connectivity index (χ1n) is 11.4. The summed E-state index contributed by atoms with van der Waals surface area (Å²) in [7, 11) is 0. The second-order valence-electron chi connectivity index (χ2n) is 9.85. The lowest BCUT2D eigenvalue weighted by Crippen LogP contribution is -2.58. The van der Waals surface area contributed by atoms with E-state index >= 15 is 0 Å². The largest absolute Gasteiger partial charge is 0.380 e. The number of rotatable bonds is 7. The second-order valence-corrected chi connectivity index (χ2v) is 10.6. The van der Waals surface area contributed by atoms with Gasteiger partial charge in [0.25, 0.3) is 5.56 Å². The van der Waals surface area contributed by atoms with Crippen LogP contribution in [0.3, 0.4) is 0 Å². The maximum Gasteiger partial charge on any atom is 0.283 e. The average Bonchev–Trinajstić information content (AvgIpc) is 2.78. The maximum atomic E-state index is 12.9. The first-order chi connectivity index (χ1) is 15.2. The molecule has 3 aliphatic carbocycles. The number of carbonyl (C=O) groups is 1. The molecular formula is C24H32BrN5O2. The summed E-state index contributed by atoms with van der Waals surface area (Å²) in [4.78, 5) is 29.5. The van der Waals surface area contributed by atoms with Gasteiger partial charge in [-0.1, -0.05) is 27.7 Å². The Balaban J connectivity index is 1.42. The van der Waals surface area contributed by atoms with Crippen molar-refractivity contribution in [2.24, 2.45) is 23.2 Å². The van der Waals surface area contributed by atoms with Crippen molar-refractivity contribution in [3.63, 3.8) is 0 Å². The fourth-order valence-corrected chi connectivity index (χ4v) is 6.03. The number of pyridine rings is 1. The molecule has 0 saturated heterocycles. The van der Waals surface area contributed by atoms with Gasteiger partial charge >= 0.3 is 0 Å². The van der Waals surface area contributed by atoms with Crippen LogP contribution >= 0.6 is 15.9 Å². The van der Waals surface area contributed by atoms with Crippen LogP contribution in [0.1, 0.15) is 58.6 Å². The monoisotopic (exact) mass is 501 g/mol. The Kier molecular flexibility index (Phi) is 6.43. The number of hydrogen-bond donors (Lipinski definition) is 2. The molecule has 1 amide bonds. The van der Waals surface area contributed by atoms with E-state index < -0.39 is 0 Å². The van der Waals surface area contributed by atoms with Crippen LogP contribution in [0.2, 0.25) is 0 Å². The third kappa shape index (κ3) is 4.21. The number of nitrogens with zero attached hydrogens (tertiary/aromatic N) is 3. The molecule has 2 N–H and O–H groups in total. The van der Waals surface area contributed by atoms with Gasteiger partial charge in [0.05, 0.1) is 17.9 Å². The molecule has 3 saturated carbocycles. The van der Waals surface area contributed by atoms with Gasteiger partial charge in [-0.25, -0.2) is 4.68 Å². The maximum absolute atomic E-state index is 12.9. The summed E-state index contributed by atoms with van der Waals surface area (Å²) in [6, 6.07) is 3.96. The SMILES string of the molecule is CCC(NC(=O)Cn1ncc(N[C@@H]2C[C@@H]3C[C@H]([C@H]2C)C3(C)C)c(Br)c1=O)c1ccncc1. The van der Waals surface area contributed by atoms with Crippen molar-refractivity contribution in [1.82, 2.24) is 20.1 Å². The lowest BCUT2D eigenvalue weighted by Gasteiger charge is -2.62. The molecule has 2 aromatic rings. The molecule has 2 heterocycles. The molecule has 7 nitrogen and oxygen atoms in total. The van der Waals surface area contributed by atoms with Crippen LogP contribution in [0.5, 0.6) is 0 Å². The number of aromatic nitrogens is 3. The summed E-state index contributed by atoms with van der Waals surface area (Å²) < 4.78 is 1.63. The molecule has 0 spiro atoms. The van der Waals surface area contributed by atoms with Gasteiger partial charge in [-0.05, 0) is 76.1 Å². The molecule has 5 atom stereocenters. The molecule has 2 aromatic heterocycles. The van der Waals surface area contributed by atoms with Gasteiger partial charge in [-0.15, -0.1) is 0 Å². The van der Waals surface area contributed by atoms with Crippen molar-refractivity contribution in [2.45, 2.75) is 65.6 Å². The van der Waals surface area contributed by atoms with E-state index in [0.717, 1.165) is 24.3 Å². The van der Waals surface area contributed by atoms with Crippen molar-refractivity contribution in [2.75, 3.05) is 5.32 Å². The van der Waals surface area contributed by atoms with E-state index in [-0.39, 0.29) is 24.1 Å². The van der Waals surface area contributed by atoms with E-state index in [1.807, 2.05) is 19.1 Å². The standard InChI is InChI=1S/C24H32BrN5O2/c1-5-18(15-6-8-26-9-7-15)29-21(31)13-30-23(32)22(25)20(12-27-30)28-19-11-16-10-17(14(19)2)24(16,3)4/h6-9,12,14,16-19,28H,5,10-11,13H2,1-4H3,(H,29,31)/t14-,16+,17-,18?,19-/m1/s1. The smallest absolute Gasteiger partial charge is 0.283 e. The Morgan fingerprint density at radius 1 is 1.31 bits per heavy atom. The zero-order chi connectivity index (χ0) is 23.0. The number of halogens is 1. The zero-order valence-corrected chi connectivity index (χ0v) is 20.7. The van der Waals surface area contributed by atoms with E-state index in [9.17, 15) is 9.59 Å². The molecule has 8 heteroatoms. The van der Waals surface area contributed by atoms with Crippen molar-refractivity contribution >= 4 is 27.5 Å². The molecular weight excluding hydrogens is 470 g/mol. The highest BCUT2D eigenvalue weighted by molar-refractivity contribution is 9.10. The summed E-state index contributed by atoms with van der Waals surface area (Å²) in [6.45, 7) is 8.93. The topological polar surface area (TPSA) is 88.9 Å². The zero-order valence-electron chi connectivity index (χ0n) is 19.1. The number of fused-ring (bicyclic) bond motifs is 2. The molecule has 5 rings (SSSR count). The van der Waals surface area contributed by atoms with E-state index in [4.69, 9.17) is 0 Å². The van der Waals surface area contributed by atoms with Gasteiger partial charge in [-0.3, -0.25) is 14.6 Å². The molecule has 3 aliphatic rings. The number of carbonyl (C=O) groups excluding carboxylic acids is 1. The first-order valence-corrected chi connectivity index (χ1v) is 12.2. The predicted octanol–water partition coefficient (Wildman–Crippen LogP) is 4.15. The summed E-state index contributed by atoms with van der Waals surface area (Å²) in [5.41, 5.74) is 1.79. The van der Waals surface area contributed by atoms with Gasteiger partial charge < -0.3 is 10.6 Å². The minimum Gasteiger partial charge on any atom is -0.380 e. The van der Waals surface area contributed by atoms with Crippen LogP contribution in [-0.4, -0.2) is 26.7 Å². The number of nitrogens with one attached hydrogen (secondary N) is 2. The predicted molar refractivity (Wildman–Crippen MR) is 128 cm³/mol. The molecule has 1 unspecified atom stereocenters. The third-order valence-electron chi connectivity index (χ3n) is 7.83. The highest BCUT2D eigenvalue weighted by Crippen LogP contribution is 2.61. The summed E-state index contributed by atoms with van der Waals surface area (Å²) in [5.74, 6) is 1.72. The summed E-state index contributed by atoms with van der Waals surface area (Å²) in [6.07, 6.45) is 8.21. The van der Waals surface area contributed by atoms with Crippen molar-refractivity contribution < 1.29 is 4.79 Å². The summed E-state index contributed by atoms with van der Waals surface area (Å²) >= 11 is 3.44. The Labute approximate surface area is 197 Å². The fraction of sp³-hybridized carbons (Fsp3) is 0.583. The molecule has 0 radical (unpaired) electrons. The van der Waals surface area contributed by atoms with E-state index in [1.165, 1.54) is 11.1 Å². The normalized spacial score (nSPS) is 26.7. The first kappa shape index (κ1) is 23.0. The molecule has 3 fully saturated rings. The van der Waals surface area contributed by atoms with Crippen LogP contribution in [0.15, 0.2) is 40.0 Å². The van der Waals surface area contributed by atoms with Crippen LogP contribution < -0.4 is 16.2 Å². The highest BCUT2D eigenvalue weighted by Gasteiger charge is 2.56. The minimum atomic E-state index is -0.309. The van der Waals surface area contributed by atoms with Crippen molar-refractivity contribution in [3.05, 3.63) is 51.1 Å². The van der Waals surface area contributed by atoms with Crippen LogP contribution in [0.4, 0.5) is 5.69 Å². The number of hydrogen-bond acceptors (Lipinski definition) is 5. The number of amides is 1. The molecule has 0 aromatic carbocycles. The molecule has 0 aliphatic heterocycles. The molecule has 32 heavy (non-hydrogen) atoms. The van der Waals surface area contributed by atoms with E-state index in [2.05, 4.69) is 57.4 Å². The molecule has 2 bridgehead atoms. The van der Waals surface area contributed by atoms with Crippen LogP contribution in [0.25, 0.3) is 0 Å². The summed E-state index contributed by atoms with van der Waals surface area (Å²) in [5, 5.41) is 10.8. The quantitative estimate of drug-likeness (QED) is 0.594. The Bertz CT molecular complexity index is 1040. The van der Waals surface area contributed by atoms with Crippen molar-refractivity contribution in [1.29, 1.82) is 0 Å². The lowest BCUT2D eigenvalue weighted by atomic mass is 9.45. The van der Waals surface area contributed by atoms with E-state index in [0.29, 0.717) is 33.5 Å². The Morgan fingerprint density at radius 3 is 2.66 bits per heavy atom. The second kappa shape index (κ2) is 8.96. The van der Waals surface area contributed by atoms with Crippen LogP contribution in [-0.2, 0) is 11.3 Å². The average molecular weight is 502 g/mol. The lowest BCUT2D eigenvalue weighted by molar-refractivity contribution is -0.122. The van der Waals surface area contributed by atoms with Crippen LogP contribution in [0, 0.1) is 23.2 Å². The van der Waals surface area contributed by atoms with Gasteiger partial charge in [0.15, 0.2) is 0 Å². The Morgan fingerprint density at radius 2 is 2.03 bits per heavy atom. The van der Waals surface area contributed by atoms with E-state index in [1.54, 1.807) is 18.6 Å². The van der Waals surface area contributed by atoms with Gasteiger partial charge in [0.1, 0.15) is 11.0 Å². The van der Waals surface area contributed by atoms with Gasteiger partial charge in [0.2, 0.25) is 5.91 Å². The third-order valence-corrected chi connectivity index (χ3v) is 8.59. The van der Waals surface area contributed by atoms with Gasteiger partial charge in [-0.2, -0.15) is 5.10 Å². The minimum absolute atomic E-state index is 0.128. The highest BCUT2D eigenvalue weighted by atomic mass is 79.9. The van der Waals surface area contributed by atoms with Gasteiger partial charge in [0, 0.05) is 18.4 Å². The van der Waals surface area contributed by atoms with Crippen molar-refractivity contribution in [3.8, 4) is 0 Å². The fourth-order valence-electron chi connectivity index (χ4n) is 5.61. The molecule has 172 valence electrons. The Hall–Kier alpha value is -2.22.